The first kappa shape index (κ1) is 20.0. The van der Waals surface area contributed by atoms with Crippen LogP contribution in [0.15, 0.2) is 28.9 Å². The Labute approximate surface area is 182 Å². The first-order valence-electron chi connectivity index (χ1n) is 10.1. The van der Waals surface area contributed by atoms with Crippen molar-refractivity contribution in [1.29, 1.82) is 0 Å². The predicted octanol–water partition coefficient (Wildman–Crippen LogP) is 2.95. The van der Waals surface area contributed by atoms with Crippen molar-refractivity contribution in [3.05, 3.63) is 46.5 Å². The summed E-state index contributed by atoms with van der Waals surface area (Å²) in [5.41, 5.74) is 9.15. The molecule has 4 heterocycles. The van der Waals surface area contributed by atoms with Crippen LogP contribution < -0.4 is 10.6 Å². The van der Waals surface area contributed by atoms with E-state index in [1.54, 1.807) is 17.3 Å². The zero-order chi connectivity index (χ0) is 21.7. The number of oxazole rings is 1. The second-order valence-electron chi connectivity index (χ2n) is 7.78. The zero-order valence-electron chi connectivity index (χ0n) is 16.8. The lowest BCUT2D eigenvalue weighted by Crippen LogP contribution is -2.53. The normalized spacial score (nSPS) is 21.4. The topological polar surface area (TPSA) is 97.7 Å². The third kappa shape index (κ3) is 3.47. The molecule has 3 aromatic rings. The number of nitrogen functional groups attached to an aromatic ring is 1. The standard InChI is InChI=1S/C21H21ClFN5O3/c1-11-18-12(6-13(23)7-14(18)22)2-3-28(11)20(29)17-10-27(4-5-30-17)16-9-25-8-15-19(16)31-21(24)26-15/h6-9,11,17H,2-5,10H2,1H3,(H2,24,26)/t11-,17+/m0/s1. The number of carbonyl (C=O) groups is 1. The van der Waals surface area contributed by atoms with Crippen molar-refractivity contribution in [3.8, 4) is 0 Å². The molecule has 0 bridgehead atoms. The van der Waals surface area contributed by atoms with E-state index in [4.69, 9.17) is 26.5 Å². The molecule has 31 heavy (non-hydrogen) atoms. The summed E-state index contributed by atoms with van der Waals surface area (Å²) in [5.74, 6) is -0.488. The van der Waals surface area contributed by atoms with Gasteiger partial charge < -0.3 is 24.7 Å². The Morgan fingerprint density at radius 3 is 3.00 bits per heavy atom. The second-order valence-corrected chi connectivity index (χ2v) is 8.19. The average molecular weight is 446 g/mol. The molecular formula is C21H21ClFN5O3. The molecule has 2 N–H and O–H groups in total. The summed E-state index contributed by atoms with van der Waals surface area (Å²) < 4.78 is 25.1. The Hall–Kier alpha value is -2.91. The van der Waals surface area contributed by atoms with Crippen LogP contribution in [0.3, 0.4) is 0 Å². The molecule has 10 heteroatoms. The number of carbonyl (C=O) groups excluding carboxylic acids is 1. The van der Waals surface area contributed by atoms with Crippen LogP contribution in [-0.2, 0) is 16.0 Å². The Balaban J connectivity index is 1.38. The monoisotopic (exact) mass is 445 g/mol. The Morgan fingerprint density at radius 1 is 1.32 bits per heavy atom. The van der Waals surface area contributed by atoms with E-state index in [0.717, 1.165) is 16.8 Å². The third-order valence-electron chi connectivity index (χ3n) is 5.95. The van der Waals surface area contributed by atoms with Gasteiger partial charge in [0.05, 0.1) is 31.6 Å². The highest BCUT2D eigenvalue weighted by Gasteiger charge is 2.36. The minimum atomic E-state index is -0.660. The van der Waals surface area contributed by atoms with E-state index in [2.05, 4.69) is 9.97 Å². The van der Waals surface area contributed by atoms with Crippen molar-refractivity contribution in [2.45, 2.75) is 25.5 Å². The van der Waals surface area contributed by atoms with Crippen molar-refractivity contribution in [1.82, 2.24) is 14.9 Å². The quantitative estimate of drug-likeness (QED) is 0.647. The molecule has 2 atom stereocenters. The summed E-state index contributed by atoms with van der Waals surface area (Å²) in [4.78, 5) is 25.5. The van der Waals surface area contributed by atoms with Gasteiger partial charge in [-0.05, 0) is 36.6 Å². The summed E-state index contributed by atoms with van der Waals surface area (Å²) in [6.45, 7) is 3.67. The summed E-state index contributed by atoms with van der Waals surface area (Å²) >= 11 is 6.31. The van der Waals surface area contributed by atoms with Crippen LogP contribution in [0, 0.1) is 5.82 Å². The Morgan fingerprint density at radius 2 is 2.16 bits per heavy atom. The SMILES string of the molecule is C[C@H]1c2c(Cl)cc(F)cc2CCN1C(=O)[C@H]1CN(c2cncc3nc(N)oc23)CCO1. The van der Waals surface area contributed by atoms with Gasteiger partial charge in [0.1, 0.15) is 17.0 Å². The molecule has 0 aliphatic carbocycles. The summed E-state index contributed by atoms with van der Waals surface area (Å²) in [5, 5.41) is 0.340. The number of benzene rings is 1. The van der Waals surface area contributed by atoms with Gasteiger partial charge in [-0.2, -0.15) is 4.98 Å². The molecule has 0 unspecified atom stereocenters. The van der Waals surface area contributed by atoms with Crippen LogP contribution in [0.4, 0.5) is 16.1 Å². The van der Waals surface area contributed by atoms with Crippen LogP contribution in [0.25, 0.3) is 11.1 Å². The first-order chi connectivity index (χ1) is 14.9. The van der Waals surface area contributed by atoms with Crippen LogP contribution in [0.2, 0.25) is 5.02 Å². The van der Waals surface area contributed by atoms with Crippen molar-refractivity contribution in [2.75, 3.05) is 36.9 Å². The molecule has 1 amide bonds. The number of rotatable bonds is 2. The number of aromatic nitrogens is 2. The van der Waals surface area contributed by atoms with Gasteiger partial charge in [-0.3, -0.25) is 9.78 Å². The smallest absolute Gasteiger partial charge is 0.293 e. The average Bonchev–Trinajstić information content (AvgIpc) is 3.13. The van der Waals surface area contributed by atoms with Crippen LogP contribution in [-0.4, -0.2) is 53.1 Å². The van der Waals surface area contributed by atoms with E-state index in [1.807, 2.05) is 11.8 Å². The molecule has 8 nitrogen and oxygen atoms in total. The number of nitrogens with two attached hydrogens (primary N) is 1. The highest BCUT2D eigenvalue weighted by atomic mass is 35.5. The number of ether oxygens (including phenoxy) is 1. The summed E-state index contributed by atoms with van der Waals surface area (Å²) in [7, 11) is 0. The van der Waals surface area contributed by atoms with Crippen molar-refractivity contribution in [3.63, 3.8) is 0 Å². The number of hydrogen-bond acceptors (Lipinski definition) is 7. The molecule has 1 aromatic carbocycles. The van der Waals surface area contributed by atoms with E-state index in [0.29, 0.717) is 48.8 Å². The summed E-state index contributed by atoms with van der Waals surface area (Å²) in [6, 6.07) is 2.58. The molecule has 162 valence electrons. The number of nitrogens with zero attached hydrogens (tertiary/aromatic N) is 4. The maximum atomic E-state index is 13.7. The van der Waals surface area contributed by atoms with E-state index in [1.165, 1.54) is 12.1 Å². The number of amides is 1. The molecule has 0 spiro atoms. The maximum Gasteiger partial charge on any atom is 0.293 e. The number of anilines is 2. The van der Waals surface area contributed by atoms with Gasteiger partial charge in [0.15, 0.2) is 11.7 Å². The van der Waals surface area contributed by atoms with Gasteiger partial charge >= 0.3 is 0 Å². The molecule has 5 rings (SSSR count). The predicted molar refractivity (Wildman–Crippen MR) is 113 cm³/mol. The van der Waals surface area contributed by atoms with Crippen LogP contribution in [0.5, 0.6) is 0 Å². The molecule has 2 aliphatic rings. The molecule has 1 saturated heterocycles. The Bertz CT molecular complexity index is 1170. The lowest BCUT2D eigenvalue weighted by molar-refractivity contribution is -0.147. The van der Waals surface area contributed by atoms with Crippen molar-refractivity contribution < 1.29 is 18.3 Å². The molecule has 2 aliphatic heterocycles. The van der Waals surface area contributed by atoms with Crippen LogP contribution in [0.1, 0.15) is 24.1 Å². The zero-order valence-corrected chi connectivity index (χ0v) is 17.6. The first-order valence-corrected chi connectivity index (χ1v) is 10.4. The highest BCUT2D eigenvalue weighted by Crippen LogP contribution is 2.36. The minimum absolute atomic E-state index is 0.0688. The van der Waals surface area contributed by atoms with Gasteiger partial charge in [0.2, 0.25) is 0 Å². The molecule has 0 saturated carbocycles. The fraction of sp³-hybridized carbons (Fsp3) is 0.381. The van der Waals surface area contributed by atoms with E-state index in [-0.39, 0.29) is 23.8 Å². The van der Waals surface area contributed by atoms with Gasteiger partial charge in [-0.25, -0.2) is 4.39 Å². The second kappa shape index (κ2) is 7.65. The van der Waals surface area contributed by atoms with E-state index in [9.17, 15) is 9.18 Å². The fourth-order valence-corrected chi connectivity index (χ4v) is 4.87. The molecular weight excluding hydrogens is 425 g/mol. The number of pyridine rings is 1. The lowest BCUT2D eigenvalue weighted by Gasteiger charge is -2.40. The van der Waals surface area contributed by atoms with Crippen molar-refractivity contribution in [2.24, 2.45) is 0 Å². The van der Waals surface area contributed by atoms with Gasteiger partial charge in [0, 0.05) is 18.1 Å². The number of hydrogen-bond donors (Lipinski definition) is 1. The maximum absolute atomic E-state index is 13.7. The van der Waals surface area contributed by atoms with E-state index < -0.39 is 6.10 Å². The van der Waals surface area contributed by atoms with E-state index >= 15 is 0 Å². The van der Waals surface area contributed by atoms with Crippen LogP contribution >= 0.6 is 11.6 Å². The number of morpholine rings is 1. The number of fused-ring (bicyclic) bond motifs is 2. The van der Waals surface area contributed by atoms with Gasteiger partial charge in [-0.15, -0.1) is 0 Å². The fourth-order valence-electron chi connectivity index (χ4n) is 4.49. The van der Waals surface area contributed by atoms with Crippen molar-refractivity contribution >= 4 is 40.3 Å². The largest absolute Gasteiger partial charge is 0.421 e. The molecule has 0 radical (unpaired) electrons. The van der Waals surface area contributed by atoms with Gasteiger partial charge in [-0.1, -0.05) is 11.6 Å². The molecule has 2 aromatic heterocycles. The Kier molecular flexibility index (Phi) is 4.94. The third-order valence-corrected chi connectivity index (χ3v) is 6.26. The highest BCUT2D eigenvalue weighted by molar-refractivity contribution is 6.31. The molecule has 1 fully saturated rings. The lowest BCUT2D eigenvalue weighted by atomic mass is 9.92. The summed E-state index contributed by atoms with van der Waals surface area (Å²) in [6.07, 6.45) is 3.14. The van der Waals surface area contributed by atoms with Gasteiger partial charge in [0.25, 0.3) is 11.9 Å². The number of halogens is 2. The minimum Gasteiger partial charge on any atom is -0.421 e.